The first kappa shape index (κ1) is 24.0. The second kappa shape index (κ2) is 9.51. The standard InChI is InChI=1S/C25H21Cl2N7O2S/c1-13-9-22-29-30-23(14(2)34(22)31-13)25(35)33-7-5-15(6-8-33)24-28-20(12-37-24)21-11-19(32-36-21)16-3-4-17(26)18(27)10-16/h3-4,9-12,15H,5-8H2,1-2H3. The minimum atomic E-state index is -0.116. The zero-order valence-corrected chi connectivity index (χ0v) is 22.3. The van der Waals surface area contributed by atoms with Crippen LogP contribution in [-0.2, 0) is 0 Å². The second-order valence-corrected chi connectivity index (χ2v) is 10.7. The molecule has 12 heteroatoms. The molecular weight excluding hydrogens is 533 g/mol. The van der Waals surface area contributed by atoms with Crippen LogP contribution in [0.25, 0.3) is 28.4 Å². The van der Waals surface area contributed by atoms with Gasteiger partial charge in [0.25, 0.3) is 5.91 Å². The Bertz CT molecular complexity index is 1640. The average molecular weight is 554 g/mol. The quantitative estimate of drug-likeness (QED) is 0.275. The number of aromatic nitrogens is 6. The molecule has 5 heterocycles. The highest BCUT2D eigenvalue weighted by atomic mass is 35.5. The maximum atomic E-state index is 13.2. The van der Waals surface area contributed by atoms with E-state index in [1.165, 1.54) is 0 Å². The largest absolute Gasteiger partial charge is 0.354 e. The summed E-state index contributed by atoms with van der Waals surface area (Å²) in [6, 6.07) is 9.03. The summed E-state index contributed by atoms with van der Waals surface area (Å²) in [5.41, 5.74) is 4.74. The van der Waals surface area contributed by atoms with Crippen LogP contribution in [0.15, 0.2) is 40.2 Å². The molecule has 1 aliphatic heterocycles. The van der Waals surface area contributed by atoms with Gasteiger partial charge >= 0.3 is 0 Å². The Balaban J connectivity index is 1.13. The number of carbonyl (C=O) groups is 1. The van der Waals surface area contributed by atoms with Crippen LogP contribution in [0.3, 0.4) is 0 Å². The van der Waals surface area contributed by atoms with E-state index in [9.17, 15) is 4.79 Å². The number of fused-ring (bicyclic) bond motifs is 1. The fourth-order valence-electron chi connectivity index (χ4n) is 4.53. The molecule has 9 nitrogen and oxygen atoms in total. The molecule has 1 aliphatic rings. The molecule has 0 spiro atoms. The zero-order valence-electron chi connectivity index (χ0n) is 20.0. The van der Waals surface area contributed by atoms with Crippen molar-refractivity contribution < 1.29 is 9.32 Å². The van der Waals surface area contributed by atoms with Gasteiger partial charge in [-0.2, -0.15) is 5.10 Å². The summed E-state index contributed by atoms with van der Waals surface area (Å²) in [7, 11) is 0. The van der Waals surface area contributed by atoms with Crippen molar-refractivity contribution in [3.05, 3.63) is 67.8 Å². The highest BCUT2D eigenvalue weighted by Crippen LogP contribution is 2.35. The van der Waals surface area contributed by atoms with Crippen molar-refractivity contribution in [2.45, 2.75) is 32.6 Å². The number of benzene rings is 1. The van der Waals surface area contributed by atoms with Gasteiger partial charge in [0.1, 0.15) is 11.4 Å². The summed E-state index contributed by atoms with van der Waals surface area (Å²) >= 11 is 13.8. The molecule has 0 aliphatic carbocycles. The van der Waals surface area contributed by atoms with Crippen LogP contribution in [0.1, 0.15) is 45.6 Å². The number of halogens is 2. The Labute approximate surface area is 226 Å². The van der Waals surface area contributed by atoms with Gasteiger partial charge in [-0.05, 0) is 38.8 Å². The van der Waals surface area contributed by atoms with E-state index in [-0.39, 0.29) is 11.8 Å². The van der Waals surface area contributed by atoms with Crippen molar-refractivity contribution in [3.8, 4) is 22.7 Å². The van der Waals surface area contributed by atoms with Crippen LogP contribution < -0.4 is 0 Å². The van der Waals surface area contributed by atoms with Crippen LogP contribution in [0.4, 0.5) is 0 Å². The third-order valence-corrected chi connectivity index (χ3v) is 8.31. The van der Waals surface area contributed by atoms with Crippen molar-refractivity contribution in [2.75, 3.05) is 13.1 Å². The number of amides is 1. The molecule has 0 atom stereocenters. The SMILES string of the molecule is Cc1cc2nnc(C(=O)N3CCC(c4nc(-c5cc(-c6ccc(Cl)c(Cl)c6)no5)cs4)CC3)c(C)n2n1. The summed E-state index contributed by atoms with van der Waals surface area (Å²) in [6.45, 7) is 4.99. The summed E-state index contributed by atoms with van der Waals surface area (Å²) in [4.78, 5) is 19.9. The number of thiazole rings is 1. The Morgan fingerprint density at radius 2 is 1.86 bits per heavy atom. The van der Waals surface area contributed by atoms with Crippen LogP contribution in [-0.4, -0.2) is 53.8 Å². The van der Waals surface area contributed by atoms with Gasteiger partial charge in [-0.15, -0.1) is 21.5 Å². The maximum Gasteiger partial charge on any atom is 0.276 e. The van der Waals surface area contributed by atoms with E-state index in [2.05, 4.69) is 20.5 Å². The predicted octanol–water partition coefficient (Wildman–Crippen LogP) is 5.85. The molecule has 0 N–H and O–H groups in total. The number of aryl methyl sites for hydroxylation is 2. The normalized spacial score (nSPS) is 14.5. The molecule has 188 valence electrons. The molecule has 37 heavy (non-hydrogen) atoms. The van der Waals surface area contributed by atoms with Crippen molar-refractivity contribution in [2.24, 2.45) is 0 Å². The highest BCUT2D eigenvalue weighted by molar-refractivity contribution is 7.10. The molecule has 0 bridgehead atoms. The van der Waals surface area contributed by atoms with E-state index in [1.807, 2.05) is 42.3 Å². The summed E-state index contributed by atoms with van der Waals surface area (Å²) in [6.07, 6.45) is 1.64. The van der Waals surface area contributed by atoms with Crippen LogP contribution in [0.5, 0.6) is 0 Å². The van der Waals surface area contributed by atoms with E-state index in [0.29, 0.717) is 51.6 Å². The van der Waals surface area contributed by atoms with E-state index in [1.54, 1.807) is 28.0 Å². The molecule has 4 aromatic heterocycles. The monoisotopic (exact) mass is 553 g/mol. The molecule has 0 unspecified atom stereocenters. The van der Waals surface area contributed by atoms with E-state index in [4.69, 9.17) is 32.7 Å². The number of nitrogens with zero attached hydrogens (tertiary/aromatic N) is 7. The second-order valence-electron chi connectivity index (χ2n) is 9.03. The van der Waals surface area contributed by atoms with Gasteiger partial charge in [-0.25, -0.2) is 9.50 Å². The van der Waals surface area contributed by atoms with Crippen LogP contribution >= 0.6 is 34.5 Å². The van der Waals surface area contributed by atoms with Gasteiger partial charge in [0.15, 0.2) is 17.1 Å². The van der Waals surface area contributed by atoms with Gasteiger partial charge in [0, 0.05) is 42.1 Å². The number of likely N-dealkylation sites (tertiary alicyclic amines) is 1. The maximum absolute atomic E-state index is 13.2. The summed E-state index contributed by atoms with van der Waals surface area (Å²) in [5.74, 6) is 0.744. The molecule has 6 rings (SSSR count). The highest BCUT2D eigenvalue weighted by Gasteiger charge is 2.29. The minimum Gasteiger partial charge on any atom is -0.354 e. The van der Waals surface area contributed by atoms with Crippen LogP contribution in [0, 0.1) is 13.8 Å². The lowest BCUT2D eigenvalue weighted by molar-refractivity contribution is 0.0704. The number of hydrogen-bond donors (Lipinski definition) is 0. The molecule has 1 amide bonds. The lowest BCUT2D eigenvalue weighted by atomic mass is 9.97. The first-order valence-corrected chi connectivity index (χ1v) is 13.4. The lowest BCUT2D eigenvalue weighted by Gasteiger charge is -2.31. The molecule has 1 saturated heterocycles. The first-order valence-electron chi connectivity index (χ1n) is 11.7. The van der Waals surface area contributed by atoms with Crippen LogP contribution in [0.2, 0.25) is 10.0 Å². The molecule has 0 saturated carbocycles. The fraction of sp³-hybridized carbons (Fsp3) is 0.280. The zero-order chi connectivity index (χ0) is 25.7. The molecule has 0 radical (unpaired) electrons. The van der Waals surface area contributed by atoms with E-state index < -0.39 is 0 Å². The summed E-state index contributed by atoms with van der Waals surface area (Å²) in [5, 5.41) is 20.9. The summed E-state index contributed by atoms with van der Waals surface area (Å²) < 4.78 is 7.24. The molecular formula is C25H21Cl2N7O2S. The number of piperidine rings is 1. The Hall–Kier alpha value is -3.34. The fourth-order valence-corrected chi connectivity index (χ4v) is 5.81. The third kappa shape index (κ3) is 4.49. The lowest BCUT2D eigenvalue weighted by Crippen LogP contribution is -2.39. The van der Waals surface area contributed by atoms with Gasteiger partial charge in [-0.3, -0.25) is 4.79 Å². The number of carbonyl (C=O) groups excluding carboxylic acids is 1. The Morgan fingerprint density at radius 3 is 2.65 bits per heavy atom. The van der Waals surface area contributed by atoms with Crippen molar-refractivity contribution >= 4 is 46.1 Å². The van der Waals surface area contributed by atoms with Gasteiger partial charge in [0.2, 0.25) is 0 Å². The minimum absolute atomic E-state index is 0.116. The molecule has 5 aromatic rings. The van der Waals surface area contributed by atoms with E-state index in [0.717, 1.165) is 34.8 Å². The first-order chi connectivity index (χ1) is 17.9. The smallest absolute Gasteiger partial charge is 0.276 e. The average Bonchev–Trinajstić information content (AvgIpc) is 3.65. The Morgan fingerprint density at radius 1 is 1.05 bits per heavy atom. The molecule has 1 fully saturated rings. The van der Waals surface area contributed by atoms with E-state index >= 15 is 0 Å². The van der Waals surface area contributed by atoms with Crippen molar-refractivity contribution in [1.29, 1.82) is 0 Å². The van der Waals surface area contributed by atoms with Gasteiger partial charge in [-0.1, -0.05) is 34.4 Å². The number of rotatable bonds is 4. The third-order valence-electron chi connectivity index (χ3n) is 6.56. The molecule has 1 aromatic carbocycles. The van der Waals surface area contributed by atoms with Crippen molar-refractivity contribution in [3.63, 3.8) is 0 Å². The van der Waals surface area contributed by atoms with Gasteiger partial charge < -0.3 is 9.42 Å². The Kier molecular flexibility index (Phi) is 6.18. The number of hydrogen-bond acceptors (Lipinski definition) is 8. The topological polar surface area (TPSA) is 102 Å². The predicted molar refractivity (Wildman–Crippen MR) is 141 cm³/mol. The van der Waals surface area contributed by atoms with Gasteiger partial charge in [0.05, 0.1) is 26.4 Å². The van der Waals surface area contributed by atoms with Crippen molar-refractivity contribution in [1.82, 2.24) is 34.9 Å².